The normalized spacial score (nSPS) is 30.0. The number of allylic oxidation sites excluding steroid dienone is 2. The first-order chi connectivity index (χ1) is 10.8. The van der Waals surface area contributed by atoms with Crippen LogP contribution < -0.4 is 0 Å². The molecule has 0 aromatic rings. The van der Waals surface area contributed by atoms with Crippen LogP contribution in [-0.4, -0.2) is 41.6 Å². The Labute approximate surface area is 146 Å². The van der Waals surface area contributed by atoms with E-state index in [0.717, 1.165) is 11.9 Å². The monoisotopic (exact) mass is 333 g/mol. The Kier molecular flexibility index (Phi) is 4.04. The van der Waals surface area contributed by atoms with E-state index in [1.807, 2.05) is 17.2 Å². The Morgan fingerprint density at radius 2 is 1.25 bits per heavy atom. The van der Waals surface area contributed by atoms with E-state index < -0.39 is 7.25 Å². The van der Waals surface area contributed by atoms with Gasteiger partial charge < -0.3 is 23.4 Å². The lowest BCUT2D eigenvalue weighted by molar-refractivity contribution is 0.00578. The second-order valence-electron chi connectivity index (χ2n) is 8.89. The van der Waals surface area contributed by atoms with Gasteiger partial charge in [0, 0.05) is 0 Å². The summed E-state index contributed by atoms with van der Waals surface area (Å²) >= 11 is 0. The Balaban J connectivity index is 1.77. The van der Waals surface area contributed by atoms with Gasteiger partial charge in [-0.15, -0.1) is 0 Å². The van der Waals surface area contributed by atoms with Gasteiger partial charge in [0.05, 0.1) is 22.4 Å². The van der Waals surface area contributed by atoms with Gasteiger partial charge in [-0.05, 0) is 79.7 Å². The Morgan fingerprint density at radius 1 is 0.792 bits per heavy atom. The van der Waals surface area contributed by atoms with Gasteiger partial charge in [-0.2, -0.15) is 0 Å². The molecule has 3 heterocycles. The molecular weight excluding hydrogens is 304 g/mol. The molecule has 0 aromatic heterocycles. The lowest BCUT2D eigenvalue weighted by atomic mass is 9.75. The molecule has 24 heavy (non-hydrogen) atoms. The summed E-state index contributed by atoms with van der Waals surface area (Å²) in [5.74, 6) is 0. The van der Waals surface area contributed by atoms with Crippen LogP contribution in [0.3, 0.4) is 0 Å². The zero-order chi connectivity index (χ0) is 18.0. The molecule has 7 heteroatoms. The van der Waals surface area contributed by atoms with E-state index >= 15 is 0 Å². The van der Waals surface area contributed by atoms with Crippen molar-refractivity contribution in [3.8, 4) is 0 Å². The zero-order valence-corrected chi connectivity index (χ0v) is 16.2. The fourth-order valence-corrected chi connectivity index (χ4v) is 2.81. The van der Waals surface area contributed by atoms with Gasteiger partial charge in [-0.3, -0.25) is 0 Å². The molecule has 0 aromatic carbocycles. The fourth-order valence-electron chi connectivity index (χ4n) is 2.81. The van der Waals surface area contributed by atoms with Crippen LogP contribution in [0.5, 0.6) is 0 Å². The molecule has 0 spiro atoms. The zero-order valence-electron chi connectivity index (χ0n) is 16.2. The number of rotatable bonds is 2. The third-order valence-corrected chi connectivity index (χ3v) is 5.99. The van der Waals surface area contributed by atoms with Gasteiger partial charge in [0.2, 0.25) is 0 Å². The summed E-state index contributed by atoms with van der Waals surface area (Å²) in [6, 6.07) is 0. The highest BCUT2D eigenvalue weighted by Gasteiger charge is 2.55. The summed E-state index contributed by atoms with van der Waals surface area (Å²) in [7, 11) is -0.783. The van der Waals surface area contributed by atoms with Crippen molar-refractivity contribution in [3.63, 3.8) is 0 Å². The van der Waals surface area contributed by atoms with Crippen molar-refractivity contribution in [2.24, 2.45) is 0 Å². The number of hydrogen-bond acceptors (Lipinski definition) is 5. The van der Waals surface area contributed by atoms with Crippen LogP contribution in [-0.2, 0) is 18.6 Å². The molecular formula is C17H29B2NO4. The molecule has 2 saturated heterocycles. The van der Waals surface area contributed by atoms with Crippen LogP contribution >= 0.6 is 0 Å². The van der Waals surface area contributed by atoms with Crippen LogP contribution in [0.1, 0.15) is 61.8 Å². The minimum Gasteiger partial charge on any atom is -0.400 e. The average molecular weight is 333 g/mol. The molecule has 0 radical (unpaired) electrons. The standard InChI is InChI=1S/C17H29B2NO4/c1-14(2)15(3,4)22-18(21-14)13-10-9-11-20(12-13)19-23-16(5,6)17(7,8)24-19/h9,11-12H,10H2,1-8H3. The van der Waals surface area contributed by atoms with Crippen molar-refractivity contribution in [1.82, 2.24) is 4.81 Å². The molecule has 132 valence electrons. The van der Waals surface area contributed by atoms with E-state index in [-0.39, 0.29) is 29.5 Å². The van der Waals surface area contributed by atoms with Crippen LogP contribution in [0.2, 0.25) is 0 Å². The van der Waals surface area contributed by atoms with E-state index in [0.29, 0.717) is 0 Å². The first-order valence-electron chi connectivity index (χ1n) is 8.71. The molecule has 0 unspecified atom stereocenters. The lowest BCUT2D eigenvalue weighted by Gasteiger charge is -2.32. The van der Waals surface area contributed by atoms with E-state index in [2.05, 4.69) is 61.5 Å². The van der Waals surface area contributed by atoms with Gasteiger partial charge >= 0.3 is 14.4 Å². The lowest BCUT2D eigenvalue weighted by Crippen LogP contribution is -2.41. The van der Waals surface area contributed by atoms with Crippen LogP contribution in [0.4, 0.5) is 0 Å². The molecule has 5 nitrogen and oxygen atoms in total. The van der Waals surface area contributed by atoms with Crippen LogP contribution in [0.25, 0.3) is 0 Å². The summed E-state index contributed by atoms with van der Waals surface area (Å²) in [6.07, 6.45) is 6.92. The van der Waals surface area contributed by atoms with Crippen molar-refractivity contribution in [1.29, 1.82) is 0 Å². The predicted molar refractivity (Wildman–Crippen MR) is 95.8 cm³/mol. The fraction of sp³-hybridized carbons (Fsp3) is 0.765. The van der Waals surface area contributed by atoms with Crippen molar-refractivity contribution in [2.45, 2.75) is 84.2 Å². The first-order valence-corrected chi connectivity index (χ1v) is 8.71. The minimum absolute atomic E-state index is 0.338. The Morgan fingerprint density at radius 3 is 1.75 bits per heavy atom. The van der Waals surface area contributed by atoms with Gasteiger partial charge in [0.1, 0.15) is 0 Å². The Bertz CT molecular complexity index is 551. The summed E-state index contributed by atoms with van der Waals surface area (Å²) in [6.45, 7) is 16.5. The van der Waals surface area contributed by atoms with Crippen molar-refractivity contribution >= 4 is 14.4 Å². The smallest absolute Gasteiger partial charge is 0.400 e. The third kappa shape index (κ3) is 2.85. The molecule has 3 aliphatic rings. The summed E-state index contributed by atoms with van der Waals surface area (Å²) < 4.78 is 24.6. The average Bonchev–Trinajstić information content (AvgIpc) is 2.79. The van der Waals surface area contributed by atoms with Crippen molar-refractivity contribution < 1.29 is 18.6 Å². The highest BCUT2D eigenvalue weighted by Crippen LogP contribution is 2.41. The molecule has 0 aliphatic carbocycles. The van der Waals surface area contributed by atoms with Gasteiger partial charge in [0.25, 0.3) is 0 Å². The van der Waals surface area contributed by atoms with E-state index in [1.54, 1.807) is 0 Å². The largest absolute Gasteiger partial charge is 0.597 e. The molecule has 0 bridgehead atoms. The van der Waals surface area contributed by atoms with Crippen molar-refractivity contribution in [2.75, 3.05) is 0 Å². The van der Waals surface area contributed by atoms with Crippen molar-refractivity contribution in [3.05, 3.63) is 23.9 Å². The van der Waals surface area contributed by atoms with Gasteiger partial charge in [-0.25, -0.2) is 0 Å². The minimum atomic E-state index is -0.441. The summed E-state index contributed by atoms with van der Waals surface area (Å²) in [4.78, 5) is 1.96. The van der Waals surface area contributed by atoms with Gasteiger partial charge in [-0.1, -0.05) is 6.08 Å². The molecule has 0 N–H and O–H groups in total. The predicted octanol–water partition coefficient (Wildman–Crippen LogP) is 3.31. The number of hydrogen-bond donors (Lipinski definition) is 0. The summed E-state index contributed by atoms with van der Waals surface area (Å²) in [5.41, 5.74) is -0.322. The maximum atomic E-state index is 6.16. The van der Waals surface area contributed by atoms with Crippen LogP contribution in [0.15, 0.2) is 23.9 Å². The van der Waals surface area contributed by atoms with E-state index in [9.17, 15) is 0 Å². The van der Waals surface area contributed by atoms with E-state index in [1.165, 1.54) is 0 Å². The third-order valence-electron chi connectivity index (χ3n) is 5.99. The molecule has 0 amide bonds. The quantitative estimate of drug-likeness (QED) is 0.725. The molecule has 0 atom stereocenters. The second kappa shape index (κ2) is 5.37. The van der Waals surface area contributed by atoms with E-state index in [4.69, 9.17) is 18.6 Å². The summed E-state index contributed by atoms with van der Waals surface area (Å²) in [5, 5.41) is 0. The highest BCUT2D eigenvalue weighted by atomic mass is 16.7. The van der Waals surface area contributed by atoms with Gasteiger partial charge in [0.15, 0.2) is 0 Å². The second-order valence-corrected chi connectivity index (χ2v) is 8.89. The Hall–Kier alpha value is -0.750. The molecule has 3 rings (SSSR count). The molecule has 3 aliphatic heterocycles. The highest BCUT2D eigenvalue weighted by molar-refractivity contribution is 6.55. The first kappa shape index (κ1) is 18.1. The number of nitrogens with zero attached hydrogens (tertiary/aromatic N) is 1. The maximum Gasteiger partial charge on any atom is 0.597 e. The maximum absolute atomic E-state index is 6.16. The van der Waals surface area contributed by atoms with Crippen LogP contribution in [0, 0.1) is 0 Å². The molecule has 2 fully saturated rings. The topological polar surface area (TPSA) is 40.2 Å². The molecule has 0 saturated carbocycles. The SMILES string of the molecule is CC1(C)OB(C2=CN(B3OC(C)(C)C(C)(C)O3)C=CC2)OC1(C)C.